The van der Waals surface area contributed by atoms with E-state index in [2.05, 4.69) is 6.08 Å². The molecule has 2 N–H and O–H groups in total. The minimum atomic E-state index is -3.44. The molecular formula is C15H22N2O2S. The van der Waals surface area contributed by atoms with Gasteiger partial charge in [-0.3, -0.25) is 0 Å². The van der Waals surface area contributed by atoms with E-state index >= 15 is 0 Å². The van der Waals surface area contributed by atoms with Gasteiger partial charge in [-0.25, -0.2) is 8.42 Å². The summed E-state index contributed by atoms with van der Waals surface area (Å²) < 4.78 is 27.2. The maximum Gasteiger partial charge on any atom is 0.243 e. The topological polar surface area (TPSA) is 63.4 Å². The Hall–Kier alpha value is -1.17. The quantitative estimate of drug-likeness (QED) is 0.868. The molecule has 1 aliphatic rings. The van der Waals surface area contributed by atoms with Gasteiger partial charge in [0, 0.05) is 19.6 Å². The molecule has 0 unspecified atom stereocenters. The molecule has 0 atom stereocenters. The fourth-order valence-corrected chi connectivity index (χ4v) is 4.35. The lowest BCUT2D eigenvalue weighted by atomic mass is 10.1. The molecule has 0 saturated carbocycles. The van der Waals surface area contributed by atoms with Gasteiger partial charge in [-0.05, 0) is 49.9 Å². The Morgan fingerprint density at radius 2 is 1.95 bits per heavy atom. The Bertz CT molecular complexity index is 648. The predicted molar refractivity (Wildman–Crippen MR) is 80.9 cm³/mol. The van der Waals surface area contributed by atoms with Crippen LogP contribution in [0.5, 0.6) is 0 Å². The van der Waals surface area contributed by atoms with E-state index in [0.717, 1.165) is 28.7 Å². The van der Waals surface area contributed by atoms with Gasteiger partial charge in [-0.2, -0.15) is 4.31 Å². The van der Waals surface area contributed by atoms with Crippen molar-refractivity contribution in [2.75, 3.05) is 13.1 Å². The number of benzene rings is 1. The standard InChI is InChI=1S/C15H22N2O2S/c1-11-5-4-6-17(10-11)20(18,19)15-8-14(9-16)7-12(2)13(15)3/h5,7-8H,4,6,9-10,16H2,1-3H3. The second-order valence-corrected chi connectivity index (χ2v) is 7.32. The van der Waals surface area contributed by atoms with Crippen molar-refractivity contribution in [1.82, 2.24) is 4.31 Å². The Balaban J connectivity index is 2.49. The van der Waals surface area contributed by atoms with Crippen LogP contribution < -0.4 is 5.73 Å². The second-order valence-electron chi connectivity index (χ2n) is 5.42. The molecule has 20 heavy (non-hydrogen) atoms. The summed E-state index contributed by atoms with van der Waals surface area (Å²) in [7, 11) is -3.44. The average molecular weight is 294 g/mol. The van der Waals surface area contributed by atoms with Crippen LogP contribution in [0.3, 0.4) is 0 Å². The summed E-state index contributed by atoms with van der Waals surface area (Å²) in [5.41, 5.74) is 9.40. The van der Waals surface area contributed by atoms with E-state index in [9.17, 15) is 8.42 Å². The van der Waals surface area contributed by atoms with E-state index in [0.29, 0.717) is 24.5 Å². The lowest BCUT2D eigenvalue weighted by Gasteiger charge is -2.26. The van der Waals surface area contributed by atoms with Gasteiger partial charge >= 0.3 is 0 Å². The Morgan fingerprint density at radius 1 is 1.25 bits per heavy atom. The van der Waals surface area contributed by atoms with Gasteiger partial charge in [-0.15, -0.1) is 0 Å². The van der Waals surface area contributed by atoms with E-state index in [1.54, 1.807) is 10.4 Å². The maximum absolute atomic E-state index is 12.8. The second kappa shape index (κ2) is 5.68. The summed E-state index contributed by atoms with van der Waals surface area (Å²) in [4.78, 5) is 0.396. The van der Waals surface area contributed by atoms with Crippen molar-refractivity contribution in [3.8, 4) is 0 Å². The number of hydrogen-bond acceptors (Lipinski definition) is 3. The molecule has 0 radical (unpaired) electrons. The zero-order chi connectivity index (χ0) is 14.9. The molecule has 4 nitrogen and oxygen atoms in total. The SMILES string of the molecule is CC1=CCCN(S(=O)(=O)c2cc(CN)cc(C)c2C)C1. The highest BCUT2D eigenvalue weighted by Crippen LogP contribution is 2.26. The van der Waals surface area contributed by atoms with Gasteiger partial charge in [0.05, 0.1) is 4.90 Å². The smallest absolute Gasteiger partial charge is 0.243 e. The molecule has 0 aliphatic carbocycles. The van der Waals surface area contributed by atoms with Crippen molar-refractivity contribution in [1.29, 1.82) is 0 Å². The summed E-state index contributed by atoms with van der Waals surface area (Å²) in [6.07, 6.45) is 2.88. The number of sulfonamides is 1. The number of nitrogens with two attached hydrogens (primary N) is 1. The number of rotatable bonds is 3. The van der Waals surface area contributed by atoms with E-state index in [1.807, 2.05) is 26.8 Å². The summed E-state index contributed by atoms with van der Waals surface area (Å²) >= 11 is 0. The number of aryl methyl sites for hydroxylation is 1. The van der Waals surface area contributed by atoms with Crippen LogP contribution in [0.15, 0.2) is 28.7 Å². The van der Waals surface area contributed by atoms with Crippen molar-refractivity contribution in [2.45, 2.75) is 38.6 Å². The highest BCUT2D eigenvalue weighted by molar-refractivity contribution is 7.89. The molecule has 1 heterocycles. The largest absolute Gasteiger partial charge is 0.326 e. The molecule has 110 valence electrons. The third kappa shape index (κ3) is 2.80. The van der Waals surface area contributed by atoms with Gasteiger partial charge in [0.25, 0.3) is 0 Å². The third-order valence-electron chi connectivity index (χ3n) is 3.83. The molecule has 1 aliphatic heterocycles. The van der Waals surface area contributed by atoms with Crippen molar-refractivity contribution >= 4 is 10.0 Å². The molecule has 0 saturated heterocycles. The van der Waals surface area contributed by atoms with E-state index in [4.69, 9.17) is 5.73 Å². The molecule has 2 rings (SSSR count). The van der Waals surface area contributed by atoms with Crippen LogP contribution in [-0.2, 0) is 16.6 Å². The van der Waals surface area contributed by atoms with Crippen molar-refractivity contribution in [3.05, 3.63) is 40.5 Å². The average Bonchev–Trinajstić information content (AvgIpc) is 2.41. The van der Waals surface area contributed by atoms with Crippen LogP contribution in [0.4, 0.5) is 0 Å². The fraction of sp³-hybridized carbons (Fsp3) is 0.467. The summed E-state index contributed by atoms with van der Waals surface area (Å²) in [5, 5.41) is 0. The van der Waals surface area contributed by atoms with Crippen LogP contribution in [-0.4, -0.2) is 25.8 Å². The van der Waals surface area contributed by atoms with Crippen LogP contribution >= 0.6 is 0 Å². The lowest BCUT2D eigenvalue weighted by molar-refractivity contribution is 0.427. The zero-order valence-corrected chi connectivity index (χ0v) is 13.1. The zero-order valence-electron chi connectivity index (χ0n) is 12.3. The molecule has 0 aromatic heterocycles. The Kier molecular flexibility index (Phi) is 4.32. The van der Waals surface area contributed by atoms with Gasteiger partial charge < -0.3 is 5.73 Å². The molecule has 0 spiro atoms. The molecule has 0 fully saturated rings. The van der Waals surface area contributed by atoms with E-state index in [1.165, 1.54) is 0 Å². The van der Waals surface area contributed by atoms with Crippen molar-refractivity contribution < 1.29 is 8.42 Å². The Labute approximate surface area is 121 Å². The highest BCUT2D eigenvalue weighted by atomic mass is 32.2. The summed E-state index contributed by atoms with van der Waals surface area (Å²) in [6.45, 7) is 7.13. The fourth-order valence-electron chi connectivity index (χ4n) is 2.51. The van der Waals surface area contributed by atoms with Crippen LogP contribution in [0.25, 0.3) is 0 Å². The molecule has 0 amide bonds. The maximum atomic E-state index is 12.8. The first-order valence-electron chi connectivity index (χ1n) is 6.82. The number of hydrogen-bond donors (Lipinski definition) is 1. The first-order valence-corrected chi connectivity index (χ1v) is 8.26. The summed E-state index contributed by atoms with van der Waals surface area (Å²) in [5.74, 6) is 0. The minimum Gasteiger partial charge on any atom is -0.326 e. The molecule has 1 aromatic rings. The summed E-state index contributed by atoms with van der Waals surface area (Å²) in [6, 6.07) is 3.67. The van der Waals surface area contributed by atoms with Crippen LogP contribution in [0.2, 0.25) is 0 Å². The van der Waals surface area contributed by atoms with E-state index in [-0.39, 0.29) is 0 Å². The highest BCUT2D eigenvalue weighted by Gasteiger charge is 2.28. The van der Waals surface area contributed by atoms with Crippen molar-refractivity contribution in [3.63, 3.8) is 0 Å². The van der Waals surface area contributed by atoms with Gasteiger partial charge in [0.15, 0.2) is 0 Å². The molecule has 0 bridgehead atoms. The normalized spacial score (nSPS) is 17.1. The first kappa shape index (κ1) is 15.2. The van der Waals surface area contributed by atoms with Crippen LogP contribution in [0.1, 0.15) is 30.0 Å². The molecular weight excluding hydrogens is 272 g/mol. The van der Waals surface area contributed by atoms with Crippen molar-refractivity contribution in [2.24, 2.45) is 5.73 Å². The molecule has 5 heteroatoms. The lowest BCUT2D eigenvalue weighted by Crippen LogP contribution is -2.35. The van der Waals surface area contributed by atoms with E-state index < -0.39 is 10.0 Å². The first-order chi connectivity index (χ1) is 9.36. The van der Waals surface area contributed by atoms with Gasteiger partial charge in [0.1, 0.15) is 0 Å². The third-order valence-corrected chi connectivity index (χ3v) is 5.80. The van der Waals surface area contributed by atoms with Gasteiger partial charge in [-0.1, -0.05) is 17.7 Å². The Morgan fingerprint density at radius 3 is 2.55 bits per heavy atom. The van der Waals surface area contributed by atoms with Gasteiger partial charge in [0.2, 0.25) is 10.0 Å². The predicted octanol–water partition coefficient (Wildman–Crippen LogP) is 2.10. The number of nitrogens with zero attached hydrogens (tertiary/aromatic N) is 1. The molecule has 1 aromatic carbocycles. The minimum absolute atomic E-state index is 0.350. The monoisotopic (exact) mass is 294 g/mol. The van der Waals surface area contributed by atoms with Crippen LogP contribution in [0, 0.1) is 13.8 Å².